The summed E-state index contributed by atoms with van der Waals surface area (Å²) in [4.78, 5) is 22.6. The predicted molar refractivity (Wildman–Crippen MR) is 77.2 cm³/mol. The number of halogens is 1. The van der Waals surface area contributed by atoms with Gasteiger partial charge in [0.2, 0.25) is 5.91 Å². The van der Waals surface area contributed by atoms with Gasteiger partial charge in [-0.05, 0) is 30.0 Å². The highest BCUT2D eigenvalue weighted by atomic mass is 19.1. The molecular formula is C15H21FN2O3. The lowest BCUT2D eigenvalue weighted by molar-refractivity contribution is -0.140. The number of carbonyl (C=O) groups excluding carboxylic acids is 1. The maximum Gasteiger partial charge on any atom is 0.320 e. The van der Waals surface area contributed by atoms with Crippen LogP contribution in [-0.2, 0) is 16.1 Å². The van der Waals surface area contributed by atoms with Crippen LogP contribution in [0.15, 0.2) is 18.2 Å². The molecule has 6 heteroatoms. The van der Waals surface area contributed by atoms with Gasteiger partial charge >= 0.3 is 5.97 Å². The van der Waals surface area contributed by atoms with Crippen LogP contribution < -0.4 is 10.6 Å². The smallest absolute Gasteiger partial charge is 0.320 e. The van der Waals surface area contributed by atoms with Crippen LogP contribution in [0.4, 0.5) is 4.39 Å². The van der Waals surface area contributed by atoms with Crippen LogP contribution in [0.2, 0.25) is 0 Å². The number of aryl methyl sites for hydroxylation is 1. The molecule has 0 bridgehead atoms. The van der Waals surface area contributed by atoms with Gasteiger partial charge < -0.3 is 10.4 Å². The summed E-state index contributed by atoms with van der Waals surface area (Å²) in [5.74, 6) is -1.76. The number of carbonyl (C=O) groups is 2. The summed E-state index contributed by atoms with van der Waals surface area (Å²) < 4.78 is 13.3. The van der Waals surface area contributed by atoms with Gasteiger partial charge in [0.15, 0.2) is 0 Å². The molecule has 116 valence electrons. The van der Waals surface area contributed by atoms with E-state index in [1.807, 2.05) is 0 Å². The summed E-state index contributed by atoms with van der Waals surface area (Å²) >= 11 is 0. The minimum Gasteiger partial charge on any atom is -0.480 e. The Kier molecular flexibility index (Phi) is 6.30. The topological polar surface area (TPSA) is 78.4 Å². The number of carboxylic acids is 1. The van der Waals surface area contributed by atoms with Crippen LogP contribution in [0.5, 0.6) is 0 Å². The SMILES string of the molecule is Cc1ccc(CNC(=O)CNC(C(=O)O)C(C)C)cc1F. The Balaban J connectivity index is 2.43. The second kappa shape index (κ2) is 7.73. The predicted octanol–water partition coefficient (Wildman–Crippen LogP) is 1.45. The molecule has 3 N–H and O–H groups in total. The normalized spacial score (nSPS) is 12.2. The number of hydrogen-bond acceptors (Lipinski definition) is 3. The summed E-state index contributed by atoms with van der Waals surface area (Å²) in [6, 6.07) is 3.98. The molecule has 21 heavy (non-hydrogen) atoms. The molecule has 5 nitrogen and oxygen atoms in total. The molecule has 0 heterocycles. The number of carboxylic acid groups (broad SMARTS) is 1. The molecule has 0 aliphatic heterocycles. The zero-order chi connectivity index (χ0) is 16.0. The number of rotatable bonds is 7. The molecule has 1 unspecified atom stereocenters. The summed E-state index contributed by atoms with van der Waals surface area (Å²) in [7, 11) is 0. The molecule has 0 spiro atoms. The Morgan fingerprint density at radius 1 is 1.33 bits per heavy atom. The van der Waals surface area contributed by atoms with Crippen LogP contribution in [0.1, 0.15) is 25.0 Å². The second-order valence-corrected chi connectivity index (χ2v) is 5.30. The van der Waals surface area contributed by atoms with Crippen LogP contribution in [0.25, 0.3) is 0 Å². The average molecular weight is 296 g/mol. The molecule has 0 aromatic heterocycles. The fourth-order valence-electron chi connectivity index (χ4n) is 1.82. The zero-order valence-corrected chi connectivity index (χ0v) is 12.4. The van der Waals surface area contributed by atoms with Crippen LogP contribution >= 0.6 is 0 Å². The summed E-state index contributed by atoms with van der Waals surface area (Å²) in [6.45, 7) is 5.30. The third kappa shape index (κ3) is 5.51. The molecule has 0 radical (unpaired) electrons. The van der Waals surface area contributed by atoms with E-state index in [4.69, 9.17) is 5.11 Å². The van der Waals surface area contributed by atoms with E-state index in [1.54, 1.807) is 32.9 Å². The van der Waals surface area contributed by atoms with Crippen molar-refractivity contribution in [2.45, 2.75) is 33.4 Å². The van der Waals surface area contributed by atoms with Crippen molar-refractivity contribution in [3.8, 4) is 0 Å². The van der Waals surface area contributed by atoms with E-state index in [0.29, 0.717) is 11.1 Å². The molecule has 0 aliphatic rings. The van der Waals surface area contributed by atoms with E-state index in [-0.39, 0.29) is 30.7 Å². The first kappa shape index (κ1) is 17.1. The monoisotopic (exact) mass is 296 g/mol. The van der Waals surface area contributed by atoms with Crippen LogP contribution in [0.3, 0.4) is 0 Å². The number of nitrogens with one attached hydrogen (secondary N) is 2. The minimum absolute atomic E-state index is 0.0938. The Hall–Kier alpha value is -1.95. The number of aliphatic carboxylic acids is 1. The molecule has 1 aromatic rings. The van der Waals surface area contributed by atoms with Gasteiger partial charge in [-0.3, -0.25) is 14.9 Å². The van der Waals surface area contributed by atoms with Crippen LogP contribution in [0, 0.1) is 18.7 Å². The Morgan fingerprint density at radius 3 is 2.52 bits per heavy atom. The molecule has 0 saturated carbocycles. The molecule has 1 aromatic carbocycles. The molecule has 1 rings (SSSR count). The highest BCUT2D eigenvalue weighted by molar-refractivity contribution is 5.79. The van der Waals surface area contributed by atoms with Gasteiger partial charge in [0.05, 0.1) is 6.54 Å². The van der Waals surface area contributed by atoms with Gasteiger partial charge in [0.25, 0.3) is 0 Å². The molecule has 0 fully saturated rings. The van der Waals surface area contributed by atoms with Gasteiger partial charge in [-0.1, -0.05) is 26.0 Å². The van der Waals surface area contributed by atoms with Gasteiger partial charge in [0.1, 0.15) is 11.9 Å². The first-order valence-electron chi connectivity index (χ1n) is 6.79. The minimum atomic E-state index is -0.988. The average Bonchev–Trinajstić information content (AvgIpc) is 2.39. The summed E-state index contributed by atoms with van der Waals surface area (Å²) in [5.41, 5.74) is 1.21. The summed E-state index contributed by atoms with van der Waals surface area (Å²) in [5, 5.41) is 14.3. The first-order chi connectivity index (χ1) is 9.81. The zero-order valence-electron chi connectivity index (χ0n) is 12.4. The lowest BCUT2D eigenvalue weighted by Gasteiger charge is -2.17. The van der Waals surface area contributed by atoms with E-state index in [0.717, 1.165) is 0 Å². The Morgan fingerprint density at radius 2 is 2.00 bits per heavy atom. The van der Waals surface area contributed by atoms with Gasteiger partial charge in [-0.25, -0.2) is 4.39 Å². The molecule has 1 amide bonds. The maximum absolute atomic E-state index is 13.3. The van der Waals surface area contributed by atoms with Crippen molar-refractivity contribution in [3.63, 3.8) is 0 Å². The van der Waals surface area contributed by atoms with E-state index in [9.17, 15) is 14.0 Å². The highest BCUT2D eigenvalue weighted by Gasteiger charge is 2.21. The van der Waals surface area contributed by atoms with Crippen molar-refractivity contribution in [2.24, 2.45) is 5.92 Å². The highest BCUT2D eigenvalue weighted by Crippen LogP contribution is 2.08. The van der Waals surface area contributed by atoms with Crippen LogP contribution in [-0.4, -0.2) is 29.6 Å². The lowest BCUT2D eigenvalue weighted by Crippen LogP contribution is -2.45. The molecule has 0 aliphatic carbocycles. The summed E-state index contributed by atoms with van der Waals surface area (Å²) in [6.07, 6.45) is 0. The molecule has 1 atom stereocenters. The second-order valence-electron chi connectivity index (χ2n) is 5.30. The first-order valence-corrected chi connectivity index (χ1v) is 6.79. The van der Waals surface area contributed by atoms with E-state index in [1.165, 1.54) is 6.07 Å². The lowest BCUT2D eigenvalue weighted by atomic mass is 10.1. The van der Waals surface area contributed by atoms with E-state index >= 15 is 0 Å². The number of hydrogen-bond donors (Lipinski definition) is 3. The number of amides is 1. The largest absolute Gasteiger partial charge is 0.480 e. The van der Waals surface area contributed by atoms with Crippen molar-refractivity contribution in [1.29, 1.82) is 0 Å². The quantitative estimate of drug-likeness (QED) is 0.711. The number of benzene rings is 1. The van der Waals surface area contributed by atoms with Crippen molar-refractivity contribution in [1.82, 2.24) is 10.6 Å². The maximum atomic E-state index is 13.3. The Bertz CT molecular complexity index is 518. The van der Waals surface area contributed by atoms with Crippen molar-refractivity contribution < 1.29 is 19.1 Å². The molecule has 0 saturated heterocycles. The fraction of sp³-hybridized carbons (Fsp3) is 0.467. The van der Waals surface area contributed by atoms with E-state index < -0.39 is 12.0 Å². The third-order valence-corrected chi connectivity index (χ3v) is 3.14. The van der Waals surface area contributed by atoms with Crippen molar-refractivity contribution in [2.75, 3.05) is 6.54 Å². The van der Waals surface area contributed by atoms with Gasteiger partial charge in [-0.15, -0.1) is 0 Å². The van der Waals surface area contributed by atoms with Crippen molar-refractivity contribution >= 4 is 11.9 Å². The molecular weight excluding hydrogens is 275 g/mol. The Labute approximate surface area is 123 Å². The van der Waals surface area contributed by atoms with Gasteiger partial charge in [0, 0.05) is 6.54 Å². The fourth-order valence-corrected chi connectivity index (χ4v) is 1.82. The van der Waals surface area contributed by atoms with E-state index in [2.05, 4.69) is 10.6 Å². The standard InChI is InChI=1S/C15H21FN2O3/c1-9(2)14(15(20)21)18-8-13(19)17-7-11-5-4-10(3)12(16)6-11/h4-6,9,14,18H,7-8H2,1-3H3,(H,17,19)(H,20,21). The van der Waals surface area contributed by atoms with Gasteiger partial charge in [-0.2, -0.15) is 0 Å². The third-order valence-electron chi connectivity index (χ3n) is 3.14. The van der Waals surface area contributed by atoms with Crippen molar-refractivity contribution in [3.05, 3.63) is 35.1 Å².